The van der Waals surface area contributed by atoms with Crippen molar-refractivity contribution in [1.29, 1.82) is 0 Å². The van der Waals surface area contributed by atoms with E-state index < -0.39 is 0 Å². The molecular formula is C23H22N2O3. The van der Waals surface area contributed by atoms with E-state index in [2.05, 4.69) is 10.6 Å². The van der Waals surface area contributed by atoms with Gasteiger partial charge in [0.25, 0.3) is 11.8 Å². The van der Waals surface area contributed by atoms with Crippen molar-refractivity contribution in [2.45, 2.75) is 13.5 Å². The fraction of sp³-hybridized carbons (Fsp3) is 0.130. The van der Waals surface area contributed by atoms with Gasteiger partial charge in [0, 0.05) is 17.8 Å². The number of carbonyl (C=O) groups is 2. The zero-order valence-corrected chi connectivity index (χ0v) is 15.6. The Bertz CT molecular complexity index is 938. The molecule has 2 amide bonds. The first kappa shape index (κ1) is 19.2. The van der Waals surface area contributed by atoms with Gasteiger partial charge >= 0.3 is 0 Å². The van der Waals surface area contributed by atoms with Crippen LogP contribution in [0.3, 0.4) is 0 Å². The predicted molar refractivity (Wildman–Crippen MR) is 109 cm³/mol. The number of aryl methyl sites for hydroxylation is 1. The maximum Gasteiger partial charge on any atom is 0.262 e. The van der Waals surface area contributed by atoms with Crippen molar-refractivity contribution in [2.24, 2.45) is 0 Å². The lowest BCUT2D eigenvalue weighted by molar-refractivity contribution is -0.118. The number of rotatable bonds is 7. The first-order valence-electron chi connectivity index (χ1n) is 9.02. The molecule has 2 N–H and O–H groups in total. The number of ether oxygens (including phenoxy) is 1. The van der Waals surface area contributed by atoms with Gasteiger partial charge in [0.05, 0.1) is 0 Å². The summed E-state index contributed by atoms with van der Waals surface area (Å²) in [6, 6.07) is 24.0. The van der Waals surface area contributed by atoms with Gasteiger partial charge in [-0.1, -0.05) is 54.1 Å². The van der Waals surface area contributed by atoms with Gasteiger partial charge in [0.15, 0.2) is 6.61 Å². The third kappa shape index (κ3) is 5.71. The average molecular weight is 374 g/mol. The second-order valence-corrected chi connectivity index (χ2v) is 6.40. The molecule has 3 aromatic carbocycles. The van der Waals surface area contributed by atoms with E-state index in [9.17, 15) is 9.59 Å². The molecule has 0 aliphatic heterocycles. The minimum atomic E-state index is -0.289. The van der Waals surface area contributed by atoms with E-state index in [1.165, 1.54) is 0 Å². The number of nitrogens with one attached hydrogen (secondary N) is 2. The quantitative estimate of drug-likeness (QED) is 0.658. The number of benzene rings is 3. The SMILES string of the molecule is Cc1ccc(OCC(=O)Nc2cccc(C(=O)NCc3ccccc3)c2)cc1. The Kier molecular flexibility index (Phi) is 6.41. The fourth-order valence-corrected chi connectivity index (χ4v) is 2.60. The Morgan fingerprint density at radius 2 is 1.64 bits per heavy atom. The summed E-state index contributed by atoms with van der Waals surface area (Å²) in [4.78, 5) is 24.5. The molecule has 5 nitrogen and oxygen atoms in total. The van der Waals surface area contributed by atoms with Crippen LogP contribution in [0.2, 0.25) is 0 Å². The molecule has 0 bridgehead atoms. The molecular weight excluding hydrogens is 352 g/mol. The molecule has 0 saturated carbocycles. The van der Waals surface area contributed by atoms with Crippen LogP contribution in [0.1, 0.15) is 21.5 Å². The standard InChI is InChI=1S/C23H22N2O3/c1-17-10-12-21(13-11-17)28-16-22(26)25-20-9-5-8-19(14-20)23(27)24-15-18-6-3-2-4-7-18/h2-14H,15-16H2,1H3,(H,24,27)(H,25,26). The highest BCUT2D eigenvalue weighted by Crippen LogP contribution is 2.13. The van der Waals surface area contributed by atoms with Crippen LogP contribution in [0.25, 0.3) is 0 Å². The third-order valence-corrected chi connectivity index (χ3v) is 4.10. The molecule has 0 radical (unpaired) electrons. The summed E-state index contributed by atoms with van der Waals surface area (Å²) >= 11 is 0. The van der Waals surface area contributed by atoms with Crippen molar-refractivity contribution >= 4 is 17.5 Å². The molecule has 0 aromatic heterocycles. The molecule has 0 saturated heterocycles. The van der Waals surface area contributed by atoms with E-state index >= 15 is 0 Å². The fourth-order valence-electron chi connectivity index (χ4n) is 2.60. The zero-order chi connectivity index (χ0) is 19.8. The van der Waals surface area contributed by atoms with Gasteiger partial charge in [-0.15, -0.1) is 0 Å². The number of carbonyl (C=O) groups excluding carboxylic acids is 2. The van der Waals surface area contributed by atoms with Crippen LogP contribution in [-0.2, 0) is 11.3 Å². The van der Waals surface area contributed by atoms with Crippen LogP contribution in [0.5, 0.6) is 5.75 Å². The second-order valence-electron chi connectivity index (χ2n) is 6.40. The van der Waals surface area contributed by atoms with Crippen LogP contribution in [-0.4, -0.2) is 18.4 Å². The molecule has 0 aliphatic rings. The van der Waals surface area contributed by atoms with Gasteiger partial charge in [0.2, 0.25) is 0 Å². The van der Waals surface area contributed by atoms with Gasteiger partial charge in [-0.3, -0.25) is 9.59 Å². The second kappa shape index (κ2) is 9.37. The summed E-state index contributed by atoms with van der Waals surface area (Å²) in [5.41, 5.74) is 3.17. The Morgan fingerprint density at radius 3 is 2.39 bits per heavy atom. The molecule has 5 heteroatoms. The molecule has 0 aliphatic carbocycles. The van der Waals surface area contributed by atoms with Crippen LogP contribution < -0.4 is 15.4 Å². The summed E-state index contributed by atoms with van der Waals surface area (Å²) in [6.07, 6.45) is 0. The molecule has 3 aromatic rings. The highest BCUT2D eigenvalue weighted by Gasteiger charge is 2.08. The normalized spacial score (nSPS) is 10.2. The van der Waals surface area contributed by atoms with Crippen LogP contribution >= 0.6 is 0 Å². The number of hydrogen-bond donors (Lipinski definition) is 2. The highest BCUT2D eigenvalue weighted by molar-refractivity contribution is 5.97. The predicted octanol–water partition coefficient (Wildman–Crippen LogP) is 3.94. The molecule has 142 valence electrons. The number of hydrogen-bond acceptors (Lipinski definition) is 3. The van der Waals surface area contributed by atoms with Gasteiger partial charge in [-0.2, -0.15) is 0 Å². The molecule has 3 rings (SSSR count). The molecule has 0 spiro atoms. The smallest absolute Gasteiger partial charge is 0.262 e. The van der Waals surface area contributed by atoms with Crippen molar-refractivity contribution < 1.29 is 14.3 Å². The van der Waals surface area contributed by atoms with E-state index in [0.29, 0.717) is 23.5 Å². The lowest BCUT2D eigenvalue weighted by atomic mass is 10.1. The lowest BCUT2D eigenvalue weighted by Gasteiger charge is -2.10. The molecule has 28 heavy (non-hydrogen) atoms. The summed E-state index contributed by atoms with van der Waals surface area (Å²) in [7, 11) is 0. The Morgan fingerprint density at radius 1 is 0.893 bits per heavy atom. The maximum absolute atomic E-state index is 12.3. The first-order chi connectivity index (χ1) is 13.6. The van der Waals surface area contributed by atoms with Gasteiger partial charge in [-0.05, 0) is 42.8 Å². The zero-order valence-electron chi connectivity index (χ0n) is 15.6. The topological polar surface area (TPSA) is 67.4 Å². The van der Waals surface area contributed by atoms with Crippen molar-refractivity contribution in [3.63, 3.8) is 0 Å². The van der Waals surface area contributed by atoms with Crippen molar-refractivity contribution in [1.82, 2.24) is 5.32 Å². The lowest BCUT2D eigenvalue weighted by Crippen LogP contribution is -2.23. The Labute approximate surface area is 164 Å². The summed E-state index contributed by atoms with van der Waals surface area (Å²) in [5.74, 6) is 0.146. The highest BCUT2D eigenvalue weighted by atomic mass is 16.5. The van der Waals surface area contributed by atoms with E-state index in [0.717, 1.165) is 11.1 Å². The minimum absolute atomic E-state index is 0.104. The number of anilines is 1. The minimum Gasteiger partial charge on any atom is -0.484 e. The molecule has 0 atom stereocenters. The maximum atomic E-state index is 12.3. The monoisotopic (exact) mass is 374 g/mol. The van der Waals surface area contributed by atoms with E-state index in [-0.39, 0.29) is 18.4 Å². The third-order valence-electron chi connectivity index (χ3n) is 4.10. The van der Waals surface area contributed by atoms with E-state index in [4.69, 9.17) is 4.74 Å². The largest absolute Gasteiger partial charge is 0.484 e. The van der Waals surface area contributed by atoms with Gasteiger partial charge in [-0.25, -0.2) is 0 Å². The van der Waals surface area contributed by atoms with Crippen LogP contribution in [0, 0.1) is 6.92 Å². The average Bonchev–Trinajstić information content (AvgIpc) is 2.72. The van der Waals surface area contributed by atoms with Crippen LogP contribution in [0.15, 0.2) is 78.9 Å². The van der Waals surface area contributed by atoms with E-state index in [1.54, 1.807) is 24.3 Å². The van der Waals surface area contributed by atoms with Gasteiger partial charge < -0.3 is 15.4 Å². The van der Waals surface area contributed by atoms with Crippen molar-refractivity contribution in [2.75, 3.05) is 11.9 Å². The Hall–Kier alpha value is -3.60. The van der Waals surface area contributed by atoms with Crippen molar-refractivity contribution in [3.8, 4) is 5.75 Å². The van der Waals surface area contributed by atoms with Gasteiger partial charge in [0.1, 0.15) is 5.75 Å². The van der Waals surface area contributed by atoms with E-state index in [1.807, 2.05) is 61.5 Å². The summed E-state index contributed by atoms with van der Waals surface area (Å²) < 4.78 is 5.47. The van der Waals surface area contributed by atoms with Crippen molar-refractivity contribution in [3.05, 3.63) is 95.6 Å². The number of amides is 2. The molecule has 0 fully saturated rings. The van der Waals surface area contributed by atoms with Crippen LogP contribution in [0.4, 0.5) is 5.69 Å². The first-order valence-corrected chi connectivity index (χ1v) is 9.02. The molecule has 0 heterocycles. The molecule has 0 unspecified atom stereocenters. The Balaban J connectivity index is 1.52. The summed E-state index contributed by atoms with van der Waals surface area (Å²) in [5, 5.41) is 5.62. The summed E-state index contributed by atoms with van der Waals surface area (Å²) in [6.45, 7) is 2.33.